The van der Waals surface area contributed by atoms with E-state index in [0.29, 0.717) is 5.75 Å². The standard InChI is InChI=1S/C31H29NO4/c1-31(2,3)18-12-14-19(15-13-18)36-24(33)16-17-32-29(34)27-25-20-8-4-5-9-21(20)26(28(27)30(32)35)23-11-7-6-10-22(23)25/h4-15,25-28H,16-17H2,1-3H3/t25?,26?,27-,28+. The number of carbonyl (C=O) groups excluding carboxylic acids is 3. The third-order valence-corrected chi connectivity index (χ3v) is 8.03. The minimum atomic E-state index is -0.455. The summed E-state index contributed by atoms with van der Waals surface area (Å²) in [4.78, 5) is 41.1. The summed E-state index contributed by atoms with van der Waals surface area (Å²) < 4.78 is 5.50. The van der Waals surface area contributed by atoms with Crippen molar-refractivity contribution in [3.05, 3.63) is 101 Å². The van der Waals surface area contributed by atoms with E-state index in [9.17, 15) is 14.4 Å². The molecule has 0 N–H and O–H groups in total. The molecule has 1 aliphatic heterocycles. The van der Waals surface area contributed by atoms with Crippen LogP contribution in [0.15, 0.2) is 72.8 Å². The maximum atomic E-state index is 13.6. The van der Waals surface area contributed by atoms with Gasteiger partial charge in [-0.25, -0.2) is 0 Å². The number of likely N-dealkylation sites (tertiary alicyclic amines) is 1. The Labute approximate surface area is 211 Å². The Hall–Kier alpha value is -3.73. The molecule has 5 nitrogen and oxygen atoms in total. The van der Waals surface area contributed by atoms with Crippen LogP contribution in [0.4, 0.5) is 0 Å². The molecule has 2 amide bonds. The van der Waals surface area contributed by atoms with Crippen molar-refractivity contribution in [2.75, 3.05) is 6.54 Å². The lowest BCUT2D eigenvalue weighted by molar-refractivity contribution is -0.141. The van der Waals surface area contributed by atoms with Crippen LogP contribution in [-0.4, -0.2) is 29.2 Å². The van der Waals surface area contributed by atoms with Crippen molar-refractivity contribution in [3.8, 4) is 5.75 Å². The lowest BCUT2D eigenvalue weighted by Crippen LogP contribution is -2.41. The van der Waals surface area contributed by atoms with Crippen molar-refractivity contribution in [2.45, 2.75) is 44.4 Å². The van der Waals surface area contributed by atoms with Gasteiger partial charge in [-0.3, -0.25) is 19.3 Å². The van der Waals surface area contributed by atoms with Gasteiger partial charge in [0.1, 0.15) is 5.75 Å². The number of amides is 2. The highest BCUT2D eigenvalue weighted by Crippen LogP contribution is 2.60. The van der Waals surface area contributed by atoms with Crippen LogP contribution in [0.3, 0.4) is 0 Å². The predicted octanol–water partition coefficient (Wildman–Crippen LogP) is 5.17. The van der Waals surface area contributed by atoms with Gasteiger partial charge in [0.25, 0.3) is 0 Å². The molecule has 0 spiro atoms. The summed E-state index contributed by atoms with van der Waals surface area (Å²) in [6.45, 7) is 6.41. The van der Waals surface area contributed by atoms with E-state index >= 15 is 0 Å². The summed E-state index contributed by atoms with van der Waals surface area (Å²) in [6.07, 6.45) is -0.0346. The summed E-state index contributed by atoms with van der Waals surface area (Å²) >= 11 is 0. The molecule has 7 rings (SSSR count). The smallest absolute Gasteiger partial charge is 0.312 e. The van der Waals surface area contributed by atoms with Crippen molar-refractivity contribution in [2.24, 2.45) is 11.8 Å². The summed E-state index contributed by atoms with van der Waals surface area (Å²) in [5, 5.41) is 0. The van der Waals surface area contributed by atoms with Gasteiger partial charge in [-0.2, -0.15) is 0 Å². The van der Waals surface area contributed by atoms with Crippen LogP contribution in [0.5, 0.6) is 5.75 Å². The molecule has 0 radical (unpaired) electrons. The number of esters is 1. The molecule has 3 aromatic carbocycles. The number of ether oxygens (including phenoxy) is 1. The molecule has 0 saturated carbocycles. The van der Waals surface area contributed by atoms with Gasteiger partial charge in [0.05, 0.1) is 18.3 Å². The van der Waals surface area contributed by atoms with E-state index in [2.05, 4.69) is 45.0 Å². The molecule has 3 aromatic rings. The molecule has 2 bridgehead atoms. The molecule has 3 aliphatic carbocycles. The maximum Gasteiger partial charge on any atom is 0.312 e. The minimum absolute atomic E-state index is 0.00846. The van der Waals surface area contributed by atoms with E-state index in [1.54, 1.807) is 12.1 Å². The first-order valence-corrected chi connectivity index (χ1v) is 12.6. The Bertz CT molecular complexity index is 1270. The van der Waals surface area contributed by atoms with Crippen LogP contribution in [0.2, 0.25) is 0 Å². The highest BCUT2D eigenvalue weighted by Gasteiger charge is 2.61. The third kappa shape index (κ3) is 3.41. The van der Waals surface area contributed by atoms with Crippen LogP contribution in [0.1, 0.15) is 66.8 Å². The van der Waals surface area contributed by atoms with Gasteiger partial charge in [0.15, 0.2) is 0 Å². The largest absolute Gasteiger partial charge is 0.426 e. The van der Waals surface area contributed by atoms with Gasteiger partial charge in [-0.1, -0.05) is 81.4 Å². The van der Waals surface area contributed by atoms with Gasteiger partial charge < -0.3 is 4.74 Å². The zero-order valence-electron chi connectivity index (χ0n) is 20.7. The van der Waals surface area contributed by atoms with Crippen LogP contribution in [-0.2, 0) is 19.8 Å². The average molecular weight is 480 g/mol. The first-order valence-electron chi connectivity index (χ1n) is 12.6. The highest BCUT2D eigenvalue weighted by molar-refractivity contribution is 6.07. The lowest BCUT2D eigenvalue weighted by atomic mass is 9.55. The van der Waals surface area contributed by atoms with Crippen LogP contribution in [0, 0.1) is 11.8 Å². The van der Waals surface area contributed by atoms with Crippen LogP contribution >= 0.6 is 0 Å². The molecule has 1 saturated heterocycles. The highest BCUT2D eigenvalue weighted by atomic mass is 16.5. The Balaban J connectivity index is 1.21. The number of hydrogen-bond acceptors (Lipinski definition) is 4. The Morgan fingerprint density at radius 2 is 1.19 bits per heavy atom. The fourth-order valence-corrected chi connectivity index (χ4v) is 6.37. The number of rotatable bonds is 4. The Morgan fingerprint density at radius 3 is 1.61 bits per heavy atom. The van der Waals surface area contributed by atoms with E-state index in [-0.39, 0.29) is 42.0 Å². The van der Waals surface area contributed by atoms with Crippen LogP contribution < -0.4 is 4.74 Å². The van der Waals surface area contributed by atoms with Gasteiger partial charge in [0, 0.05) is 18.4 Å². The van der Waals surface area contributed by atoms with Crippen molar-refractivity contribution < 1.29 is 19.1 Å². The minimum Gasteiger partial charge on any atom is -0.426 e. The molecular weight excluding hydrogens is 450 g/mol. The summed E-state index contributed by atoms with van der Waals surface area (Å²) in [6, 6.07) is 23.8. The number of carbonyl (C=O) groups is 3. The number of nitrogens with zero attached hydrogens (tertiary/aromatic N) is 1. The number of benzene rings is 3. The number of imide groups is 1. The van der Waals surface area contributed by atoms with Crippen LogP contribution in [0.25, 0.3) is 0 Å². The molecule has 182 valence electrons. The molecule has 0 unspecified atom stereocenters. The summed E-state index contributed by atoms with van der Waals surface area (Å²) in [5.41, 5.74) is 5.73. The molecular formula is C31H29NO4. The quantitative estimate of drug-likeness (QED) is 0.294. The fourth-order valence-electron chi connectivity index (χ4n) is 6.37. The van der Waals surface area contributed by atoms with Gasteiger partial charge in [-0.05, 0) is 45.4 Å². The first-order chi connectivity index (χ1) is 17.3. The molecule has 1 heterocycles. The third-order valence-electron chi connectivity index (χ3n) is 8.03. The van der Waals surface area contributed by atoms with Crippen molar-refractivity contribution in [1.29, 1.82) is 0 Å². The van der Waals surface area contributed by atoms with Gasteiger partial charge in [-0.15, -0.1) is 0 Å². The van der Waals surface area contributed by atoms with Gasteiger partial charge >= 0.3 is 5.97 Å². The number of hydrogen-bond donors (Lipinski definition) is 0. The second-order valence-corrected chi connectivity index (χ2v) is 11.1. The van der Waals surface area contributed by atoms with E-state index in [1.807, 2.05) is 36.4 Å². The average Bonchev–Trinajstić information content (AvgIpc) is 3.12. The molecule has 5 heteroatoms. The summed E-state index contributed by atoms with van der Waals surface area (Å²) in [7, 11) is 0. The monoisotopic (exact) mass is 479 g/mol. The van der Waals surface area contributed by atoms with E-state index in [0.717, 1.165) is 27.8 Å². The van der Waals surface area contributed by atoms with Crippen molar-refractivity contribution in [1.82, 2.24) is 4.90 Å². The second kappa shape index (κ2) is 8.16. The normalized spacial score (nSPS) is 23.8. The molecule has 0 aromatic heterocycles. The Kier molecular flexibility index (Phi) is 5.15. The van der Waals surface area contributed by atoms with Gasteiger partial charge in [0.2, 0.25) is 11.8 Å². The maximum absolute atomic E-state index is 13.6. The van der Waals surface area contributed by atoms with E-state index < -0.39 is 17.8 Å². The SMILES string of the molecule is CC(C)(C)c1ccc(OC(=O)CCN2C(=O)[C@@H]3C4c5ccccc5C(c5ccccc54)[C@@H]3C2=O)cc1. The molecule has 1 fully saturated rings. The zero-order chi connectivity index (χ0) is 25.2. The lowest BCUT2D eigenvalue weighted by Gasteiger charge is -2.45. The van der Waals surface area contributed by atoms with E-state index in [1.165, 1.54) is 4.90 Å². The second-order valence-electron chi connectivity index (χ2n) is 11.1. The predicted molar refractivity (Wildman–Crippen MR) is 136 cm³/mol. The Morgan fingerprint density at radius 1 is 0.750 bits per heavy atom. The molecule has 4 aliphatic rings. The summed E-state index contributed by atoms with van der Waals surface area (Å²) in [5.74, 6) is -1.46. The fraction of sp³-hybridized carbons (Fsp3) is 0.323. The van der Waals surface area contributed by atoms with Crippen molar-refractivity contribution >= 4 is 17.8 Å². The zero-order valence-corrected chi connectivity index (χ0v) is 20.7. The molecule has 36 heavy (non-hydrogen) atoms. The van der Waals surface area contributed by atoms with Crippen molar-refractivity contribution in [3.63, 3.8) is 0 Å². The first kappa shape index (κ1) is 22.7. The van der Waals surface area contributed by atoms with E-state index in [4.69, 9.17) is 4.74 Å². The topological polar surface area (TPSA) is 63.7 Å². The molecule has 2 atom stereocenters.